The van der Waals surface area contributed by atoms with Crippen molar-refractivity contribution in [3.8, 4) is 6.07 Å². The minimum atomic E-state index is -0.449. The van der Waals surface area contributed by atoms with Gasteiger partial charge in [-0.2, -0.15) is 5.26 Å². The number of carbonyl (C=O) groups excluding carboxylic acids is 1. The first-order valence-corrected chi connectivity index (χ1v) is 4.97. The van der Waals surface area contributed by atoms with E-state index in [2.05, 4.69) is 4.90 Å². The highest BCUT2D eigenvalue weighted by Gasteiger charge is 2.28. The van der Waals surface area contributed by atoms with Crippen LogP contribution in [0, 0.1) is 11.3 Å². The monoisotopic (exact) mass is 212 g/mol. The number of hydrogen-bond acceptors (Lipinski definition) is 5. The number of morpholine rings is 1. The third-order valence-electron chi connectivity index (χ3n) is 2.32. The van der Waals surface area contributed by atoms with E-state index in [9.17, 15) is 4.79 Å². The van der Waals surface area contributed by atoms with Gasteiger partial charge in [-0.15, -0.1) is 0 Å². The summed E-state index contributed by atoms with van der Waals surface area (Å²) >= 11 is 0. The Bertz CT molecular complexity index is 262. The second kappa shape index (κ2) is 5.69. The van der Waals surface area contributed by atoms with Gasteiger partial charge in [0.05, 0.1) is 19.1 Å². The second-order valence-corrected chi connectivity index (χ2v) is 3.68. The van der Waals surface area contributed by atoms with Crippen molar-refractivity contribution in [2.24, 2.45) is 0 Å². The molecule has 84 valence electrons. The summed E-state index contributed by atoms with van der Waals surface area (Å²) in [6, 6.07) is 2.01. The molecule has 0 aromatic heterocycles. The van der Waals surface area contributed by atoms with Crippen LogP contribution in [-0.4, -0.2) is 49.8 Å². The lowest BCUT2D eigenvalue weighted by Crippen LogP contribution is -2.47. The molecule has 0 saturated carbocycles. The number of hydrogen-bond donors (Lipinski definition) is 0. The van der Waals surface area contributed by atoms with Crippen LogP contribution in [0.3, 0.4) is 0 Å². The lowest BCUT2D eigenvalue weighted by atomic mass is 10.1. The lowest BCUT2D eigenvalue weighted by Gasteiger charge is -2.33. The summed E-state index contributed by atoms with van der Waals surface area (Å²) in [7, 11) is 1.98. The maximum absolute atomic E-state index is 10.9. The van der Waals surface area contributed by atoms with Gasteiger partial charge in [0.25, 0.3) is 0 Å². The number of esters is 1. The SMILES string of the molecule is CC(=O)OC(CC#N)C1CN(C)CCO1. The summed E-state index contributed by atoms with van der Waals surface area (Å²) in [4.78, 5) is 13.0. The summed E-state index contributed by atoms with van der Waals surface area (Å²) in [6.07, 6.45) is -0.458. The number of rotatable bonds is 3. The van der Waals surface area contributed by atoms with E-state index in [-0.39, 0.29) is 18.5 Å². The Morgan fingerprint density at radius 2 is 2.53 bits per heavy atom. The zero-order valence-electron chi connectivity index (χ0n) is 9.10. The van der Waals surface area contributed by atoms with Crippen molar-refractivity contribution in [3.05, 3.63) is 0 Å². The third kappa shape index (κ3) is 3.86. The van der Waals surface area contributed by atoms with E-state index in [1.807, 2.05) is 13.1 Å². The van der Waals surface area contributed by atoms with Crippen LogP contribution in [0.4, 0.5) is 0 Å². The van der Waals surface area contributed by atoms with Crippen LogP contribution in [0.15, 0.2) is 0 Å². The molecule has 0 aromatic rings. The van der Waals surface area contributed by atoms with E-state index in [1.165, 1.54) is 6.92 Å². The molecular weight excluding hydrogens is 196 g/mol. The molecule has 1 saturated heterocycles. The Morgan fingerprint density at radius 1 is 1.80 bits per heavy atom. The first-order valence-electron chi connectivity index (χ1n) is 4.97. The normalized spacial score (nSPS) is 24.2. The van der Waals surface area contributed by atoms with Crippen molar-refractivity contribution in [2.45, 2.75) is 25.6 Å². The number of ether oxygens (including phenoxy) is 2. The molecular formula is C10H16N2O3. The first kappa shape index (κ1) is 12.0. The molecule has 15 heavy (non-hydrogen) atoms. The van der Waals surface area contributed by atoms with Crippen molar-refractivity contribution in [1.82, 2.24) is 4.90 Å². The molecule has 0 aliphatic carbocycles. The zero-order valence-corrected chi connectivity index (χ0v) is 9.10. The van der Waals surface area contributed by atoms with E-state index >= 15 is 0 Å². The molecule has 1 rings (SSSR count). The van der Waals surface area contributed by atoms with E-state index in [0.29, 0.717) is 13.2 Å². The highest BCUT2D eigenvalue weighted by Crippen LogP contribution is 2.13. The molecule has 5 nitrogen and oxygen atoms in total. The van der Waals surface area contributed by atoms with Gasteiger partial charge in [-0.3, -0.25) is 4.79 Å². The standard InChI is InChI=1S/C10H16N2O3/c1-8(13)15-9(3-4-11)10-7-12(2)5-6-14-10/h9-10H,3,5-7H2,1-2H3. The number of likely N-dealkylation sites (N-methyl/N-ethyl adjacent to an activating group) is 1. The predicted octanol–water partition coefficient (Wildman–Crippen LogP) is 0.162. The Hall–Kier alpha value is -1.12. The summed E-state index contributed by atoms with van der Waals surface area (Å²) in [6.45, 7) is 3.52. The van der Waals surface area contributed by atoms with Gasteiger partial charge in [-0.1, -0.05) is 0 Å². The van der Waals surface area contributed by atoms with E-state index in [0.717, 1.165) is 6.54 Å². The van der Waals surface area contributed by atoms with Gasteiger partial charge < -0.3 is 14.4 Å². The summed E-state index contributed by atoms with van der Waals surface area (Å²) in [5, 5.41) is 8.64. The minimum Gasteiger partial charge on any atom is -0.459 e. The quantitative estimate of drug-likeness (QED) is 0.624. The van der Waals surface area contributed by atoms with Crippen LogP contribution >= 0.6 is 0 Å². The highest BCUT2D eigenvalue weighted by molar-refractivity contribution is 5.66. The molecule has 1 fully saturated rings. The van der Waals surface area contributed by atoms with Gasteiger partial charge in [0.15, 0.2) is 0 Å². The van der Waals surface area contributed by atoms with Crippen molar-refractivity contribution < 1.29 is 14.3 Å². The molecule has 0 radical (unpaired) electrons. The van der Waals surface area contributed by atoms with Crippen molar-refractivity contribution in [2.75, 3.05) is 26.7 Å². The maximum atomic E-state index is 10.9. The number of nitriles is 1. The van der Waals surface area contributed by atoms with Crippen LogP contribution in [0.25, 0.3) is 0 Å². The Labute approximate surface area is 89.6 Å². The van der Waals surface area contributed by atoms with Crippen LogP contribution in [0.2, 0.25) is 0 Å². The molecule has 2 atom stereocenters. The third-order valence-corrected chi connectivity index (χ3v) is 2.32. The van der Waals surface area contributed by atoms with Crippen molar-refractivity contribution >= 4 is 5.97 Å². The number of nitrogens with zero attached hydrogens (tertiary/aromatic N) is 2. The molecule has 1 aliphatic heterocycles. The molecule has 0 aromatic carbocycles. The van der Waals surface area contributed by atoms with Crippen LogP contribution in [0.1, 0.15) is 13.3 Å². The molecule has 0 bridgehead atoms. The van der Waals surface area contributed by atoms with Gasteiger partial charge in [0, 0.05) is 20.0 Å². The highest BCUT2D eigenvalue weighted by atomic mass is 16.6. The fraction of sp³-hybridized carbons (Fsp3) is 0.800. The first-order chi connectivity index (χ1) is 7.13. The van der Waals surface area contributed by atoms with Crippen LogP contribution in [0.5, 0.6) is 0 Å². The molecule has 1 aliphatic rings. The summed E-state index contributed by atoms with van der Waals surface area (Å²) < 4.78 is 10.6. The fourth-order valence-electron chi connectivity index (χ4n) is 1.59. The minimum absolute atomic E-state index is 0.179. The predicted molar refractivity (Wildman–Crippen MR) is 53.0 cm³/mol. The molecule has 2 unspecified atom stereocenters. The zero-order chi connectivity index (χ0) is 11.3. The van der Waals surface area contributed by atoms with Gasteiger partial charge in [0.2, 0.25) is 0 Å². The molecule has 5 heteroatoms. The fourth-order valence-corrected chi connectivity index (χ4v) is 1.59. The smallest absolute Gasteiger partial charge is 0.303 e. The Morgan fingerprint density at radius 3 is 3.07 bits per heavy atom. The van der Waals surface area contributed by atoms with Crippen molar-refractivity contribution in [1.29, 1.82) is 5.26 Å². The van der Waals surface area contributed by atoms with Crippen LogP contribution < -0.4 is 0 Å². The number of carbonyl (C=O) groups is 1. The van der Waals surface area contributed by atoms with Crippen molar-refractivity contribution in [3.63, 3.8) is 0 Å². The van der Waals surface area contributed by atoms with Gasteiger partial charge >= 0.3 is 5.97 Å². The average molecular weight is 212 g/mol. The molecule has 0 spiro atoms. The van der Waals surface area contributed by atoms with Gasteiger partial charge in [0.1, 0.15) is 12.2 Å². The molecule has 1 heterocycles. The van der Waals surface area contributed by atoms with E-state index in [4.69, 9.17) is 14.7 Å². The summed E-state index contributed by atoms with van der Waals surface area (Å²) in [5.41, 5.74) is 0. The average Bonchev–Trinajstić information content (AvgIpc) is 2.16. The maximum Gasteiger partial charge on any atom is 0.303 e. The Kier molecular flexibility index (Phi) is 4.53. The second-order valence-electron chi connectivity index (χ2n) is 3.68. The molecule has 0 N–H and O–H groups in total. The lowest BCUT2D eigenvalue weighted by molar-refractivity contribution is -0.159. The van der Waals surface area contributed by atoms with E-state index in [1.54, 1.807) is 0 Å². The van der Waals surface area contributed by atoms with E-state index < -0.39 is 6.10 Å². The summed E-state index contributed by atoms with van der Waals surface area (Å²) in [5.74, 6) is -0.368. The largest absolute Gasteiger partial charge is 0.459 e. The van der Waals surface area contributed by atoms with Gasteiger partial charge in [-0.25, -0.2) is 0 Å². The van der Waals surface area contributed by atoms with Gasteiger partial charge in [-0.05, 0) is 7.05 Å². The molecule has 0 amide bonds. The Balaban J connectivity index is 2.54. The van der Waals surface area contributed by atoms with Crippen LogP contribution in [-0.2, 0) is 14.3 Å². The topological polar surface area (TPSA) is 62.6 Å².